The molecule has 0 heterocycles. The molecule has 0 aliphatic heterocycles. The van der Waals surface area contributed by atoms with Crippen LogP contribution < -0.4 is 0 Å². The van der Waals surface area contributed by atoms with Crippen LogP contribution in [0.2, 0.25) is 0 Å². The summed E-state index contributed by atoms with van der Waals surface area (Å²) < 4.78 is 0. The quantitative estimate of drug-likeness (QED) is 0.565. The maximum absolute atomic E-state index is 2.43. The molecule has 1 heteroatoms. The Hall–Kier alpha value is 0.480. The molecule has 1 fully saturated rings. The van der Waals surface area contributed by atoms with Crippen LogP contribution in [0.4, 0.5) is 0 Å². The van der Waals surface area contributed by atoms with E-state index in [0.717, 1.165) is 17.8 Å². The van der Waals surface area contributed by atoms with E-state index in [0.29, 0.717) is 0 Å². The molecule has 104 valence electrons. The van der Waals surface area contributed by atoms with E-state index < -0.39 is 0 Å². The standard InChI is InChI=1S/C14H18.C2H6.CH4.Ar/c1-10-11-6-2-4-8-13(11)14-9-5-3-7-12(10)14;1-2;;/h2,4,6,8,10,12,14H,3,5,7,9H2,1H3;1-2H3;1H4;. The molecule has 0 nitrogen and oxygen atoms in total. The zero-order chi connectivity index (χ0) is 11.5. The molecule has 3 unspecified atom stereocenters. The molecule has 0 amide bonds. The first-order valence-corrected chi connectivity index (χ1v) is 6.97. The third-order valence-electron chi connectivity index (χ3n) is 4.35. The van der Waals surface area contributed by atoms with E-state index in [9.17, 15) is 0 Å². The van der Waals surface area contributed by atoms with Crippen molar-refractivity contribution in [2.45, 2.75) is 65.7 Å². The zero-order valence-corrected chi connectivity index (χ0v) is 11.9. The summed E-state index contributed by atoms with van der Waals surface area (Å²) in [5.74, 6) is 2.67. The van der Waals surface area contributed by atoms with Gasteiger partial charge in [0, 0.05) is 37.7 Å². The van der Waals surface area contributed by atoms with E-state index in [2.05, 4.69) is 31.2 Å². The van der Waals surface area contributed by atoms with Gasteiger partial charge in [-0.1, -0.05) is 65.3 Å². The van der Waals surface area contributed by atoms with Gasteiger partial charge in [-0.25, -0.2) is 0 Å². The van der Waals surface area contributed by atoms with E-state index in [1.807, 2.05) is 13.8 Å². The summed E-state index contributed by atoms with van der Waals surface area (Å²) in [5.41, 5.74) is 3.31. The topological polar surface area (TPSA) is 0 Å². The van der Waals surface area contributed by atoms with Gasteiger partial charge in [0.05, 0.1) is 0 Å². The summed E-state index contributed by atoms with van der Waals surface area (Å²) in [6.45, 7) is 6.43. The minimum Gasteiger partial charge on any atom is -0.0776 e. The third-order valence-corrected chi connectivity index (χ3v) is 4.35. The molecule has 0 spiro atoms. The molecule has 2 aliphatic rings. The largest absolute Gasteiger partial charge is 0.0776 e. The SMILES string of the molecule is C.CC.CC1c2ccccc2C2CCCCC12.[Ar]. The summed E-state index contributed by atoms with van der Waals surface area (Å²) in [5, 5.41) is 0. The predicted molar refractivity (Wildman–Crippen MR) is 77.6 cm³/mol. The monoisotopic (exact) mass is 272 g/mol. The van der Waals surface area contributed by atoms with Crippen molar-refractivity contribution in [3.05, 3.63) is 35.4 Å². The summed E-state index contributed by atoms with van der Waals surface area (Å²) in [6, 6.07) is 9.12. The summed E-state index contributed by atoms with van der Waals surface area (Å²) >= 11 is 0. The van der Waals surface area contributed by atoms with Crippen LogP contribution in [0.15, 0.2) is 24.3 Å². The van der Waals surface area contributed by atoms with Gasteiger partial charge in [0.25, 0.3) is 0 Å². The molecular weight excluding hydrogens is 244 g/mol. The first-order chi connectivity index (χ1) is 7.88. The second kappa shape index (κ2) is 8.61. The molecular formula is C17H28Ar. The van der Waals surface area contributed by atoms with Crippen LogP contribution in [0.3, 0.4) is 0 Å². The molecule has 1 saturated carbocycles. The number of rotatable bonds is 0. The first-order valence-electron chi connectivity index (χ1n) is 6.97. The Balaban J connectivity index is 0.000000691. The van der Waals surface area contributed by atoms with Gasteiger partial charge in [-0.3, -0.25) is 0 Å². The van der Waals surface area contributed by atoms with Gasteiger partial charge in [-0.15, -0.1) is 0 Å². The number of hydrogen-bond acceptors (Lipinski definition) is 0. The number of hydrogen-bond donors (Lipinski definition) is 0. The van der Waals surface area contributed by atoms with Gasteiger partial charge < -0.3 is 0 Å². The van der Waals surface area contributed by atoms with Crippen molar-refractivity contribution in [2.75, 3.05) is 0 Å². The van der Waals surface area contributed by atoms with Gasteiger partial charge in [-0.05, 0) is 41.7 Å². The second-order valence-electron chi connectivity index (χ2n) is 4.97. The fraction of sp³-hybridized carbons (Fsp3) is 0.647. The predicted octanol–water partition coefficient (Wildman–Crippen LogP) is 5.74. The molecule has 1 aromatic carbocycles. The van der Waals surface area contributed by atoms with Crippen LogP contribution >= 0.6 is 0 Å². The Morgan fingerprint density at radius 1 is 0.944 bits per heavy atom. The maximum atomic E-state index is 2.43. The van der Waals surface area contributed by atoms with Crippen LogP contribution in [0.5, 0.6) is 0 Å². The molecule has 18 heavy (non-hydrogen) atoms. The molecule has 0 N–H and O–H groups in total. The molecule has 3 rings (SSSR count). The summed E-state index contributed by atoms with van der Waals surface area (Å²) in [7, 11) is 0. The molecule has 0 saturated heterocycles. The van der Waals surface area contributed by atoms with Crippen LogP contribution in [0.25, 0.3) is 0 Å². The normalized spacial score (nSPS) is 27.6. The molecule has 0 aromatic heterocycles. The van der Waals surface area contributed by atoms with Crippen LogP contribution in [0.1, 0.15) is 76.8 Å². The van der Waals surface area contributed by atoms with E-state index >= 15 is 0 Å². The van der Waals surface area contributed by atoms with Crippen molar-refractivity contribution in [3.8, 4) is 0 Å². The maximum Gasteiger partial charge on any atom is 0 e. The van der Waals surface area contributed by atoms with Gasteiger partial charge in [-0.2, -0.15) is 0 Å². The van der Waals surface area contributed by atoms with Crippen LogP contribution in [-0.2, 0) is 0 Å². The molecule has 0 bridgehead atoms. The minimum absolute atomic E-state index is 0. The third kappa shape index (κ3) is 3.32. The van der Waals surface area contributed by atoms with Crippen molar-refractivity contribution in [1.29, 1.82) is 0 Å². The Morgan fingerprint density at radius 2 is 1.50 bits per heavy atom. The van der Waals surface area contributed by atoms with Gasteiger partial charge >= 0.3 is 0 Å². The van der Waals surface area contributed by atoms with Crippen molar-refractivity contribution in [3.63, 3.8) is 0 Å². The van der Waals surface area contributed by atoms with E-state index in [1.165, 1.54) is 25.7 Å². The van der Waals surface area contributed by atoms with Crippen molar-refractivity contribution >= 4 is 0 Å². The Morgan fingerprint density at radius 3 is 2.17 bits per heavy atom. The first kappa shape index (κ1) is 18.5. The Bertz CT molecular complexity index is 345. The Labute approximate surface area is 144 Å². The molecule has 0 radical (unpaired) electrons. The Kier molecular flexibility index (Phi) is 8.84. The van der Waals surface area contributed by atoms with Crippen LogP contribution in [-0.4, -0.2) is 0 Å². The van der Waals surface area contributed by atoms with Crippen molar-refractivity contribution < 1.29 is 37.7 Å². The van der Waals surface area contributed by atoms with E-state index in [-0.39, 0.29) is 45.2 Å². The fourth-order valence-corrected chi connectivity index (χ4v) is 3.64. The minimum atomic E-state index is 0. The average molecular weight is 272 g/mol. The van der Waals surface area contributed by atoms with Crippen molar-refractivity contribution in [1.82, 2.24) is 0 Å². The smallest absolute Gasteiger partial charge is 0 e. The average Bonchev–Trinajstić information content (AvgIpc) is 2.67. The number of fused-ring (bicyclic) bond motifs is 3. The van der Waals surface area contributed by atoms with Crippen molar-refractivity contribution in [2.24, 2.45) is 5.92 Å². The van der Waals surface area contributed by atoms with Gasteiger partial charge in [0.2, 0.25) is 0 Å². The second-order valence-corrected chi connectivity index (χ2v) is 4.97. The number of benzene rings is 1. The van der Waals surface area contributed by atoms with Gasteiger partial charge in [0.15, 0.2) is 0 Å². The van der Waals surface area contributed by atoms with E-state index in [4.69, 9.17) is 0 Å². The zero-order valence-electron chi connectivity index (χ0n) is 11.2. The molecule has 2 aliphatic carbocycles. The van der Waals surface area contributed by atoms with E-state index in [1.54, 1.807) is 11.1 Å². The van der Waals surface area contributed by atoms with Crippen LogP contribution in [0, 0.1) is 43.7 Å². The molecule has 3 atom stereocenters. The molecule has 1 aromatic rings. The van der Waals surface area contributed by atoms with Gasteiger partial charge in [0.1, 0.15) is 0 Å². The fourth-order valence-electron chi connectivity index (χ4n) is 3.64. The summed E-state index contributed by atoms with van der Waals surface area (Å²) in [4.78, 5) is 0. The summed E-state index contributed by atoms with van der Waals surface area (Å²) in [6.07, 6.45) is 5.80.